The molecule has 0 radical (unpaired) electrons. The van der Waals surface area contributed by atoms with E-state index in [2.05, 4.69) is 6.92 Å². The zero-order valence-electron chi connectivity index (χ0n) is 11.1. The third-order valence-corrected chi connectivity index (χ3v) is 3.65. The lowest BCUT2D eigenvalue weighted by atomic mass is 9.88. The summed E-state index contributed by atoms with van der Waals surface area (Å²) in [6, 6.07) is 0. The van der Waals surface area contributed by atoms with Crippen LogP contribution in [0.15, 0.2) is 0 Å². The Morgan fingerprint density at radius 1 is 1.18 bits per heavy atom. The highest BCUT2D eigenvalue weighted by molar-refractivity contribution is 5.69. The van der Waals surface area contributed by atoms with E-state index in [0.717, 1.165) is 38.6 Å². The lowest BCUT2D eigenvalue weighted by molar-refractivity contribution is -0.153. The van der Waals surface area contributed by atoms with Crippen molar-refractivity contribution < 1.29 is 9.53 Å². The normalized spacial score (nSPS) is 24.6. The van der Waals surface area contributed by atoms with Crippen molar-refractivity contribution in [1.29, 1.82) is 0 Å². The van der Waals surface area contributed by atoms with Gasteiger partial charge in [-0.1, -0.05) is 26.2 Å². The summed E-state index contributed by atoms with van der Waals surface area (Å²) < 4.78 is 5.55. The third kappa shape index (κ3) is 6.06. The van der Waals surface area contributed by atoms with E-state index in [1.807, 2.05) is 0 Å². The molecule has 0 saturated heterocycles. The fourth-order valence-electron chi connectivity index (χ4n) is 2.45. The molecule has 0 heterocycles. The van der Waals surface area contributed by atoms with Gasteiger partial charge in [-0.05, 0) is 44.6 Å². The van der Waals surface area contributed by atoms with E-state index in [9.17, 15) is 4.79 Å². The molecule has 17 heavy (non-hydrogen) atoms. The Bertz CT molecular complexity index is 218. The summed E-state index contributed by atoms with van der Waals surface area (Å²) >= 11 is 0. The van der Waals surface area contributed by atoms with Gasteiger partial charge in [0.1, 0.15) is 6.10 Å². The Balaban J connectivity index is 2.07. The average Bonchev–Trinajstić information content (AvgIpc) is 2.32. The fourth-order valence-corrected chi connectivity index (χ4v) is 2.45. The first-order chi connectivity index (χ1) is 8.24. The summed E-state index contributed by atoms with van der Waals surface area (Å²) in [4.78, 5) is 11.6. The van der Waals surface area contributed by atoms with Gasteiger partial charge in [-0.3, -0.25) is 4.79 Å². The van der Waals surface area contributed by atoms with E-state index in [0.29, 0.717) is 12.3 Å². The van der Waals surface area contributed by atoms with Crippen LogP contribution in [0.25, 0.3) is 0 Å². The lowest BCUT2D eigenvalue weighted by Gasteiger charge is -2.28. The van der Waals surface area contributed by atoms with E-state index in [4.69, 9.17) is 10.5 Å². The average molecular weight is 241 g/mol. The summed E-state index contributed by atoms with van der Waals surface area (Å²) in [5.74, 6) is 0.543. The van der Waals surface area contributed by atoms with Crippen molar-refractivity contribution in [1.82, 2.24) is 0 Å². The highest BCUT2D eigenvalue weighted by atomic mass is 16.5. The molecule has 0 aromatic heterocycles. The minimum Gasteiger partial charge on any atom is -0.462 e. The summed E-state index contributed by atoms with van der Waals surface area (Å²) in [5, 5.41) is 0. The SMILES string of the molecule is CC1CCCCC1OC(=O)CCCCCCN. The molecule has 0 aromatic rings. The Hall–Kier alpha value is -0.570. The van der Waals surface area contributed by atoms with Crippen molar-refractivity contribution in [3.8, 4) is 0 Å². The van der Waals surface area contributed by atoms with Gasteiger partial charge in [0.2, 0.25) is 0 Å². The van der Waals surface area contributed by atoms with Gasteiger partial charge in [0, 0.05) is 6.42 Å². The summed E-state index contributed by atoms with van der Waals surface area (Å²) in [6.45, 7) is 2.95. The first kappa shape index (κ1) is 14.5. The summed E-state index contributed by atoms with van der Waals surface area (Å²) in [6.07, 6.45) is 9.74. The van der Waals surface area contributed by atoms with Crippen LogP contribution in [0.2, 0.25) is 0 Å². The van der Waals surface area contributed by atoms with E-state index < -0.39 is 0 Å². The monoisotopic (exact) mass is 241 g/mol. The lowest BCUT2D eigenvalue weighted by Crippen LogP contribution is -2.28. The Labute approximate surface area is 105 Å². The molecule has 0 bridgehead atoms. The smallest absolute Gasteiger partial charge is 0.306 e. The van der Waals surface area contributed by atoms with Crippen molar-refractivity contribution in [3.05, 3.63) is 0 Å². The van der Waals surface area contributed by atoms with Crippen LogP contribution in [0.3, 0.4) is 0 Å². The van der Waals surface area contributed by atoms with E-state index >= 15 is 0 Å². The molecule has 100 valence electrons. The van der Waals surface area contributed by atoms with Gasteiger partial charge < -0.3 is 10.5 Å². The van der Waals surface area contributed by atoms with Crippen molar-refractivity contribution in [3.63, 3.8) is 0 Å². The van der Waals surface area contributed by atoms with Crippen LogP contribution in [-0.4, -0.2) is 18.6 Å². The van der Waals surface area contributed by atoms with Crippen molar-refractivity contribution in [2.75, 3.05) is 6.54 Å². The number of carbonyl (C=O) groups is 1. The molecule has 0 aliphatic heterocycles. The number of ether oxygens (including phenoxy) is 1. The molecular formula is C14H27NO2. The van der Waals surface area contributed by atoms with Crippen LogP contribution >= 0.6 is 0 Å². The number of esters is 1. The van der Waals surface area contributed by atoms with Crippen LogP contribution in [0.1, 0.15) is 64.7 Å². The molecule has 2 atom stereocenters. The largest absolute Gasteiger partial charge is 0.462 e. The quantitative estimate of drug-likeness (QED) is 0.550. The van der Waals surface area contributed by atoms with Crippen LogP contribution in [0.5, 0.6) is 0 Å². The molecule has 3 nitrogen and oxygen atoms in total. The molecule has 0 aromatic carbocycles. The molecule has 3 heteroatoms. The molecule has 1 saturated carbocycles. The van der Waals surface area contributed by atoms with Gasteiger partial charge in [0.15, 0.2) is 0 Å². The topological polar surface area (TPSA) is 52.3 Å². The van der Waals surface area contributed by atoms with Crippen LogP contribution < -0.4 is 5.73 Å². The number of hydrogen-bond acceptors (Lipinski definition) is 3. The van der Waals surface area contributed by atoms with Gasteiger partial charge in [-0.2, -0.15) is 0 Å². The van der Waals surface area contributed by atoms with Crippen LogP contribution in [-0.2, 0) is 9.53 Å². The molecule has 1 aliphatic rings. The van der Waals surface area contributed by atoms with Gasteiger partial charge in [-0.25, -0.2) is 0 Å². The fraction of sp³-hybridized carbons (Fsp3) is 0.929. The molecule has 0 amide bonds. The van der Waals surface area contributed by atoms with E-state index in [1.54, 1.807) is 0 Å². The van der Waals surface area contributed by atoms with Crippen molar-refractivity contribution >= 4 is 5.97 Å². The minimum atomic E-state index is -0.00324. The Morgan fingerprint density at radius 2 is 1.88 bits per heavy atom. The second kappa shape index (κ2) is 8.51. The predicted molar refractivity (Wildman–Crippen MR) is 69.7 cm³/mol. The highest BCUT2D eigenvalue weighted by Gasteiger charge is 2.24. The molecule has 1 fully saturated rings. The van der Waals surface area contributed by atoms with Gasteiger partial charge in [0.25, 0.3) is 0 Å². The summed E-state index contributed by atoms with van der Waals surface area (Å²) in [5.41, 5.74) is 5.42. The molecule has 2 unspecified atom stereocenters. The maximum Gasteiger partial charge on any atom is 0.306 e. The van der Waals surface area contributed by atoms with Crippen LogP contribution in [0, 0.1) is 5.92 Å². The molecule has 0 spiro atoms. The third-order valence-electron chi connectivity index (χ3n) is 3.65. The zero-order valence-corrected chi connectivity index (χ0v) is 11.1. The van der Waals surface area contributed by atoms with E-state index in [1.165, 1.54) is 19.3 Å². The van der Waals surface area contributed by atoms with Gasteiger partial charge >= 0.3 is 5.97 Å². The second-order valence-electron chi connectivity index (χ2n) is 5.24. The number of nitrogens with two attached hydrogens (primary N) is 1. The molecular weight excluding hydrogens is 214 g/mol. The van der Waals surface area contributed by atoms with Crippen molar-refractivity contribution in [2.45, 2.75) is 70.8 Å². The number of carbonyl (C=O) groups excluding carboxylic acids is 1. The summed E-state index contributed by atoms with van der Waals surface area (Å²) in [7, 11) is 0. The molecule has 2 N–H and O–H groups in total. The molecule has 1 aliphatic carbocycles. The Kier molecular flexibility index (Phi) is 7.25. The Morgan fingerprint density at radius 3 is 2.59 bits per heavy atom. The first-order valence-electron chi connectivity index (χ1n) is 7.13. The second-order valence-corrected chi connectivity index (χ2v) is 5.24. The predicted octanol–water partition coefficient (Wildman–Crippen LogP) is 3.02. The van der Waals surface area contributed by atoms with E-state index in [-0.39, 0.29) is 12.1 Å². The van der Waals surface area contributed by atoms with Gasteiger partial charge in [0.05, 0.1) is 0 Å². The maximum atomic E-state index is 11.6. The highest BCUT2D eigenvalue weighted by Crippen LogP contribution is 2.26. The minimum absolute atomic E-state index is 0.00324. The standard InChI is InChI=1S/C14H27NO2/c1-12-8-5-6-9-13(12)17-14(16)10-4-2-3-7-11-15/h12-13H,2-11,15H2,1H3. The van der Waals surface area contributed by atoms with Crippen molar-refractivity contribution in [2.24, 2.45) is 11.7 Å². The maximum absolute atomic E-state index is 11.6. The number of hydrogen-bond donors (Lipinski definition) is 1. The zero-order chi connectivity index (χ0) is 12.5. The molecule has 1 rings (SSSR count). The number of rotatable bonds is 7. The first-order valence-corrected chi connectivity index (χ1v) is 7.13. The number of unbranched alkanes of at least 4 members (excludes halogenated alkanes) is 3. The van der Waals surface area contributed by atoms with Gasteiger partial charge in [-0.15, -0.1) is 0 Å². The van der Waals surface area contributed by atoms with Crippen LogP contribution in [0.4, 0.5) is 0 Å².